The molecule has 0 saturated carbocycles. The van der Waals surface area contributed by atoms with Crippen LogP contribution in [0.5, 0.6) is 0 Å². The van der Waals surface area contributed by atoms with Gasteiger partial charge in [0.15, 0.2) is 0 Å². The molecule has 1 aliphatic heterocycles. The number of rotatable bonds is 3. The van der Waals surface area contributed by atoms with Gasteiger partial charge in [0.05, 0.1) is 22.2 Å². The third-order valence-corrected chi connectivity index (χ3v) is 6.46. The van der Waals surface area contributed by atoms with Crippen LogP contribution in [-0.2, 0) is 0 Å². The van der Waals surface area contributed by atoms with Gasteiger partial charge in [0.2, 0.25) is 0 Å². The van der Waals surface area contributed by atoms with Gasteiger partial charge in [0.25, 0.3) is 0 Å². The number of halogens is 1. The van der Waals surface area contributed by atoms with Crippen LogP contribution >= 0.6 is 39.5 Å². The average Bonchev–Trinajstić information content (AvgIpc) is 2.67. The number of hydrogen-bond acceptors (Lipinski definition) is 6. The Morgan fingerprint density at radius 1 is 1.22 bits per heavy atom. The molecule has 3 rings (SSSR count). The van der Waals surface area contributed by atoms with E-state index in [1.807, 2.05) is 49.6 Å². The van der Waals surface area contributed by atoms with E-state index in [2.05, 4.69) is 33.1 Å². The normalized spacial score (nSPS) is 16.5. The summed E-state index contributed by atoms with van der Waals surface area (Å²) in [6, 6.07) is 14.2. The van der Waals surface area contributed by atoms with Crippen molar-refractivity contribution in [3.63, 3.8) is 0 Å². The minimum atomic E-state index is -0.232. The fraction of sp³-hybridized carbons (Fsp3) is 0.150. The molecule has 0 aliphatic carbocycles. The van der Waals surface area contributed by atoms with Gasteiger partial charge in [-0.1, -0.05) is 45.9 Å². The van der Waals surface area contributed by atoms with Gasteiger partial charge >= 0.3 is 0 Å². The van der Waals surface area contributed by atoms with E-state index in [4.69, 9.17) is 5.73 Å². The second-order valence-electron chi connectivity index (χ2n) is 5.84. The first kappa shape index (κ1) is 19.6. The standard InChI is InChI=1S/C20H15BrN4S2/c1-11-15(7-13(9-22)20(25-11)26-2)18-8-16(17(10-23)19(24)27-18)12-3-5-14(21)6-4-12/h3-8,16H,24H2,1-2H3/t16-/m0/s1. The van der Waals surface area contributed by atoms with Gasteiger partial charge in [0, 0.05) is 26.6 Å². The number of nitrogens with two attached hydrogens (primary N) is 1. The van der Waals surface area contributed by atoms with Gasteiger partial charge in [-0.05, 0) is 36.9 Å². The molecule has 0 amide bonds. The third kappa shape index (κ3) is 3.91. The lowest BCUT2D eigenvalue weighted by molar-refractivity contribution is 1.01. The van der Waals surface area contributed by atoms with Crippen molar-refractivity contribution >= 4 is 44.4 Å². The molecule has 1 aromatic carbocycles. The molecule has 2 N–H and O–H groups in total. The number of allylic oxidation sites excluding steroid dienone is 2. The summed E-state index contributed by atoms with van der Waals surface area (Å²) in [6.45, 7) is 1.92. The third-order valence-electron chi connectivity index (χ3n) is 4.22. The molecule has 134 valence electrons. The number of pyridine rings is 1. The molecule has 4 nitrogen and oxygen atoms in total. The topological polar surface area (TPSA) is 86.5 Å². The molecule has 0 saturated heterocycles. The van der Waals surface area contributed by atoms with E-state index in [1.165, 1.54) is 23.5 Å². The number of aromatic nitrogens is 1. The molecule has 27 heavy (non-hydrogen) atoms. The zero-order chi connectivity index (χ0) is 19.6. The number of nitrogens with zero attached hydrogens (tertiary/aromatic N) is 3. The van der Waals surface area contributed by atoms with Crippen molar-refractivity contribution < 1.29 is 0 Å². The number of thioether (sulfide) groups is 2. The zero-order valence-electron chi connectivity index (χ0n) is 14.7. The predicted octanol–water partition coefficient (Wildman–Crippen LogP) is 5.31. The molecule has 1 aliphatic rings. The van der Waals surface area contributed by atoms with E-state index >= 15 is 0 Å². The van der Waals surface area contributed by atoms with Crippen LogP contribution in [0.25, 0.3) is 4.91 Å². The molecule has 0 spiro atoms. The Morgan fingerprint density at radius 3 is 2.52 bits per heavy atom. The molecular formula is C20H15BrN4S2. The quantitative estimate of drug-likeness (QED) is 0.631. The minimum absolute atomic E-state index is 0.232. The highest BCUT2D eigenvalue weighted by Crippen LogP contribution is 2.45. The predicted molar refractivity (Wildman–Crippen MR) is 115 cm³/mol. The highest BCUT2D eigenvalue weighted by Gasteiger charge is 2.26. The summed E-state index contributed by atoms with van der Waals surface area (Å²) in [7, 11) is 0. The van der Waals surface area contributed by atoms with Gasteiger partial charge in [-0.3, -0.25) is 0 Å². The molecule has 0 radical (unpaired) electrons. The maximum absolute atomic E-state index is 9.61. The Kier molecular flexibility index (Phi) is 5.96. The van der Waals surface area contributed by atoms with Crippen LogP contribution in [0.1, 0.15) is 28.3 Å². The summed E-state index contributed by atoms with van der Waals surface area (Å²) in [5, 5.41) is 20.2. The summed E-state index contributed by atoms with van der Waals surface area (Å²) < 4.78 is 0.974. The first-order valence-electron chi connectivity index (χ1n) is 7.99. The molecule has 2 aromatic rings. The van der Waals surface area contributed by atoms with Crippen LogP contribution in [0.15, 0.2) is 56.5 Å². The Hall–Kier alpha value is -2.19. The molecule has 0 unspecified atom stereocenters. The van der Waals surface area contributed by atoms with Gasteiger partial charge in [-0.15, -0.1) is 11.8 Å². The lowest BCUT2D eigenvalue weighted by Gasteiger charge is -2.23. The summed E-state index contributed by atoms with van der Waals surface area (Å²) >= 11 is 6.24. The van der Waals surface area contributed by atoms with E-state index < -0.39 is 0 Å². The highest BCUT2D eigenvalue weighted by atomic mass is 79.9. The lowest BCUT2D eigenvalue weighted by Crippen LogP contribution is -2.11. The van der Waals surface area contributed by atoms with Crippen molar-refractivity contribution in [2.75, 3.05) is 6.26 Å². The maximum atomic E-state index is 9.61. The number of hydrogen-bond donors (Lipinski definition) is 1. The van der Waals surface area contributed by atoms with Crippen LogP contribution in [0.4, 0.5) is 0 Å². The van der Waals surface area contributed by atoms with Gasteiger partial charge in [0.1, 0.15) is 11.1 Å². The number of benzene rings is 1. The Morgan fingerprint density at radius 2 is 1.93 bits per heavy atom. The number of aryl methyl sites for hydroxylation is 1. The van der Waals surface area contributed by atoms with E-state index in [9.17, 15) is 10.5 Å². The average molecular weight is 455 g/mol. The maximum Gasteiger partial charge on any atom is 0.114 e. The number of nitriles is 2. The lowest BCUT2D eigenvalue weighted by atomic mass is 9.90. The molecular weight excluding hydrogens is 440 g/mol. The van der Waals surface area contributed by atoms with Gasteiger partial charge in [-0.25, -0.2) is 4.98 Å². The Bertz CT molecular complexity index is 1040. The van der Waals surface area contributed by atoms with E-state index in [-0.39, 0.29) is 5.92 Å². The summed E-state index contributed by atoms with van der Waals surface area (Å²) in [5.74, 6) is -0.232. The van der Waals surface area contributed by atoms with Crippen molar-refractivity contribution in [3.05, 3.63) is 73.9 Å². The summed E-state index contributed by atoms with van der Waals surface area (Å²) in [4.78, 5) is 5.48. The van der Waals surface area contributed by atoms with Gasteiger partial charge in [-0.2, -0.15) is 10.5 Å². The van der Waals surface area contributed by atoms with Crippen molar-refractivity contribution in [1.82, 2.24) is 4.98 Å². The fourth-order valence-electron chi connectivity index (χ4n) is 2.87. The smallest absolute Gasteiger partial charge is 0.114 e. The molecule has 0 bridgehead atoms. The molecule has 2 heterocycles. The van der Waals surface area contributed by atoms with Crippen LogP contribution < -0.4 is 5.73 Å². The van der Waals surface area contributed by atoms with Crippen molar-refractivity contribution in [1.29, 1.82) is 10.5 Å². The second-order valence-corrected chi connectivity index (χ2v) is 8.64. The van der Waals surface area contributed by atoms with Crippen LogP contribution in [0, 0.1) is 29.6 Å². The van der Waals surface area contributed by atoms with Crippen LogP contribution in [0.2, 0.25) is 0 Å². The van der Waals surface area contributed by atoms with E-state index in [0.29, 0.717) is 21.2 Å². The monoisotopic (exact) mass is 454 g/mol. The molecule has 0 fully saturated rings. The van der Waals surface area contributed by atoms with Crippen molar-refractivity contribution in [2.45, 2.75) is 17.9 Å². The van der Waals surface area contributed by atoms with E-state index in [0.717, 1.165) is 26.2 Å². The molecule has 7 heteroatoms. The summed E-state index contributed by atoms with van der Waals surface area (Å²) in [6.07, 6.45) is 3.94. The van der Waals surface area contributed by atoms with Crippen molar-refractivity contribution in [2.24, 2.45) is 5.73 Å². The first-order chi connectivity index (χ1) is 13.0. The highest BCUT2D eigenvalue weighted by molar-refractivity contribution is 9.10. The van der Waals surface area contributed by atoms with E-state index in [1.54, 1.807) is 0 Å². The fourth-order valence-corrected chi connectivity index (χ4v) is 4.72. The van der Waals surface area contributed by atoms with Crippen LogP contribution in [-0.4, -0.2) is 11.2 Å². The van der Waals surface area contributed by atoms with Crippen LogP contribution in [0.3, 0.4) is 0 Å². The zero-order valence-corrected chi connectivity index (χ0v) is 17.9. The Labute approximate surface area is 175 Å². The second kappa shape index (κ2) is 8.22. The SMILES string of the molecule is CSc1nc(C)c(C2=C[C@@H](c3ccc(Br)cc3)C(C#N)=C(N)S2)cc1C#N. The van der Waals surface area contributed by atoms with Gasteiger partial charge < -0.3 is 5.73 Å². The largest absolute Gasteiger partial charge is 0.392 e. The molecule has 1 atom stereocenters. The Balaban J connectivity index is 2.13. The first-order valence-corrected chi connectivity index (χ1v) is 10.8. The summed E-state index contributed by atoms with van der Waals surface area (Å²) in [5.41, 5.74) is 10.0. The molecule has 1 aromatic heterocycles. The minimum Gasteiger partial charge on any atom is -0.392 e. The van der Waals surface area contributed by atoms with Crippen molar-refractivity contribution in [3.8, 4) is 12.1 Å².